The third-order valence-corrected chi connectivity index (χ3v) is 4.96. The van der Waals surface area contributed by atoms with E-state index in [2.05, 4.69) is 36.5 Å². The molecule has 1 aromatic carbocycles. The molecular weight excluding hydrogens is 310 g/mol. The quantitative estimate of drug-likeness (QED) is 0.787. The number of primary amides is 1. The van der Waals surface area contributed by atoms with Gasteiger partial charge < -0.3 is 11.1 Å². The molecule has 0 bridgehead atoms. The lowest BCUT2D eigenvalue weighted by molar-refractivity contribution is -0.121. The largest absolute Gasteiger partial charge is 0.369 e. The van der Waals surface area contributed by atoms with Gasteiger partial charge in [-0.25, -0.2) is 0 Å². The molecule has 1 fully saturated rings. The Bertz CT molecular complexity index is 525. The van der Waals surface area contributed by atoms with Gasteiger partial charge in [0.15, 0.2) is 0 Å². The fourth-order valence-electron chi connectivity index (χ4n) is 2.67. The number of benzene rings is 1. The molecule has 5 nitrogen and oxygen atoms in total. The summed E-state index contributed by atoms with van der Waals surface area (Å²) in [6.07, 6.45) is 1.75. The number of piperidine rings is 1. The summed E-state index contributed by atoms with van der Waals surface area (Å²) in [5.74, 6) is 1.13. The second kappa shape index (κ2) is 8.93. The number of carbonyl (C=O) groups is 2. The zero-order valence-electron chi connectivity index (χ0n) is 13.6. The summed E-state index contributed by atoms with van der Waals surface area (Å²) in [5.41, 5.74) is 7.69. The van der Waals surface area contributed by atoms with E-state index < -0.39 is 0 Å². The number of nitrogens with two attached hydrogens (primary N) is 1. The van der Waals surface area contributed by atoms with E-state index >= 15 is 0 Å². The summed E-state index contributed by atoms with van der Waals surface area (Å²) in [4.78, 5) is 24.9. The number of hydrogen-bond donors (Lipinski definition) is 2. The molecule has 1 aliphatic heterocycles. The predicted octanol–water partition coefficient (Wildman–Crippen LogP) is 1.29. The molecule has 126 valence electrons. The maximum atomic E-state index is 12.0. The lowest BCUT2D eigenvalue weighted by Gasteiger charge is -2.31. The lowest BCUT2D eigenvalue weighted by atomic mass is 10.1. The van der Waals surface area contributed by atoms with Crippen LogP contribution >= 0.6 is 11.8 Å². The van der Waals surface area contributed by atoms with Gasteiger partial charge >= 0.3 is 0 Å². The number of rotatable bonds is 7. The second-order valence-corrected chi connectivity index (χ2v) is 7.05. The second-order valence-electron chi connectivity index (χ2n) is 6.06. The molecule has 3 N–H and O–H groups in total. The first-order valence-corrected chi connectivity index (χ1v) is 9.11. The molecule has 0 saturated carbocycles. The average molecular weight is 335 g/mol. The Labute approximate surface area is 142 Å². The molecular formula is C17H25N3O2S. The molecule has 0 spiro atoms. The first kappa shape index (κ1) is 17.8. The molecule has 1 aromatic rings. The molecule has 0 unspecified atom stereocenters. The third kappa shape index (κ3) is 6.62. The van der Waals surface area contributed by atoms with Gasteiger partial charge in [-0.05, 0) is 25.3 Å². The number of hydrogen-bond acceptors (Lipinski definition) is 4. The summed E-state index contributed by atoms with van der Waals surface area (Å²) in [6.45, 7) is 4.00. The predicted molar refractivity (Wildman–Crippen MR) is 94.1 cm³/mol. The Morgan fingerprint density at radius 3 is 2.52 bits per heavy atom. The van der Waals surface area contributed by atoms with Crippen LogP contribution in [-0.4, -0.2) is 48.1 Å². The molecule has 2 amide bonds. The molecule has 23 heavy (non-hydrogen) atoms. The Kier molecular flexibility index (Phi) is 6.92. The molecule has 1 heterocycles. The van der Waals surface area contributed by atoms with Crippen molar-refractivity contribution < 1.29 is 9.59 Å². The van der Waals surface area contributed by atoms with Gasteiger partial charge in [-0.15, -0.1) is 11.8 Å². The highest BCUT2D eigenvalue weighted by Crippen LogP contribution is 2.14. The van der Waals surface area contributed by atoms with Gasteiger partial charge in [-0.3, -0.25) is 14.5 Å². The molecule has 0 atom stereocenters. The number of amides is 2. The van der Waals surface area contributed by atoms with Gasteiger partial charge in [-0.2, -0.15) is 0 Å². The first-order chi connectivity index (χ1) is 11.0. The average Bonchev–Trinajstić information content (AvgIpc) is 2.51. The van der Waals surface area contributed by atoms with Crippen LogP contribution in [0.15, 0.2) is 24.3 Å². The van der Waals surface area contributed by atoms with Gasteiger partial charge in [-0.1, -0.05) is 29.8 Å². The SMILES string of the molecule is Cc1ccc(CSCC(=O)NC2CCN(CC(N)=O)CC2)cc1. The summed E-state index contributed by atoms with van der Waals surface area (Å²) in [7, 11) is 0. The van der Waals surface area contributed by atoms with Crippen LogP contribution in [-0.2, 0) is 15.3 Å². The van der Waals surface area contributed by atoms with Crippen LogP contribution in [0.25, 0.3) is 0 Å². The minimum Gasteiger partial charge on any atom is -0.369 e. The third-order valence-electron chi connectivity index (χ3n) is 3.95. The Balaban J connectivity index is 1.62. The van der Waals surface area contributed by atoms with Gasteiger partial charge in [0.1, 0.15) is 0 Å². The van der Waals surface area contributed by atoms with Crippen molar-refractivity contribution in [2.75, 3.05) is 25.4 Å². The number of nitrogens with zero attached hydrogens (tertiary/aromatic N) is 1. The van der Waals surface area contributed by atoms with Gasteiger partial charge in [0.2, 0.25) is 11.8 Å². The zero-order chi connectivity index (χ0) is 16.7. The van der Waals surface area contributed by atoms with Crippen molar-refractivity contribution in [2.24, 2.45) is 5.73 Å². The normalized spacial score (nSPS) is 16.2. The summed E-state index contributed by atoms with van der Waals surface area (Å²) < 4.78 is 0. The lowest BCUT2D eigenvalue weighted by Crippen LogP contribution is -2.47. The fraction of sp³-hybridized carbons (Fsp3) is 0.529. The number of likely N-dealkylation sites (tertiary alicyclic amines) is 1. The van der Waals surface area contributed by atoms with Crippen LogP contribution in [0.2, 0.25) is 0 Å². The highest BCUT2D eigenvalue weighted by molar-refractivity contribution is 7.99. The first-order valence-electron chi connectivity index (χ1n) is 7.96. The van der Waals surface area contributed by atoms with E-state index in [-0.39, 0.29) is 17.9 Å². The molecule has 1 saturated heterocycles. The molecule has 0 radical (unpaired) electrons. The van der Waals surface area contributed by atoms with E-state index in [0.29, 0.717) is 12.3 Å². The van der Waals surface area contributed by atoms with Crippen molar-refractivity contribution in [3.63, 3.8) is 0 Å². The van der Waals surface area contributed by atoms with Crippen molar-refractivity contribution in [2.45, 2.75) is 31.6 Å². The van der Waals surface area contributed by atoms with Crippen LogP contribution in [0, 0.1) is 6.92 Å². The van der Waals surface area contributed by atoms with Crippen LogP contribution < -0.4 is 11.1 Å². The Hall–Kier alpha value is -1.53. The smallest absolute Gasteiger partial charge is 0.231 e. The highest BCUT2D eigenvalue weighted by atomic mass is 32.2. The minimum absolute atomic E-state index is 0.0930. The van der Waals surface area contributed by atoms with E-state index in [9.17, 15) is 9.59 Å². The maximum absolute atomic E-state index is 12.0. The van der Waals surface area contributed by atoms with Crippen molar-refractivity contribution >= 4 is 23.6 Å². The van der Waals surface area contributed by atoms with Crippen molar-refractivity contribution in [3.8, 4) is 0 Å². The van der Waals surface area contributed by atoms with Gasteiger partial charge in [0.05, 0.1) is 12.3 Å². The van der Waals surface area contributed by atoms with E-state index in [1.165, 1.54) is 11.1 Å². The van der Waals surface area contributed by atoms with Gasteiger partial charge in [0.25, 0.3) is 0 Å². The number of aryl methyl sites for hydroxylation is 1. The van der Waals surface area contributed by atoms with Crippen LogP contribution in [0.4, 0.5) is 0 Å². The standard InChI is InChI=1S/C17H25N3O2S/c1-13-2-4-14(5-3-13)11-23-12-17(22)19-15-6-8-20(9-7-15)10-16(18)21/h2-5,15H,6-12H2,1H3,(H2,18,21)(H,19,22). The number of nitrogens with one attached hydrogen (secondary N) is 1. The Morgan fingerprint density at radius 2 is 1.91 bits per heavy atom. The van der Waals surface area contributed by atoms with E-state index in [1.807, 2.05) is 4.90 Å². The fourth-order valence-corrected chi connectivity index (χ4v) is 3.47. The monoisotopic (exact) mass is 335 g/mol. The molecule has 1 aliphatic rings. The minimum atomic E-state index is -0.292. The van der Waals surface area contributed by atoms with E-state index in [4.69, 9.17) is 5.73 Å². The van der Waals surface area contributed by atoms with E-state index in [0.717, 1.165) is 31.7 Å². The van der Waals surface area contributed by atoms with E-state index in [1.54, 1.807) is 11.8 Å². The Morgan fingerprint density at radius 1 is 1.26 bits per heavy atom. The van der Waals surface area contributed by atoms with Crippen molar-refractivity contribution in [3.05, 3.63) is 35.4 Å². The maximum Gasteiger partial charge on any atom is 0.231 e. The highest BCUT2D eigenvalue weighted by Gasteiger charge is 2.21. The summed E-state index contributed by atoms with van der Waals surface area (Å²) in [5, 5.41) is 3.09. The molecule has 6 heteroatoms. The molecule has 2 rings (SSSR count). The topological polar surface area (TPSA) is 75.4 Å². The van der Waals surface area contributed by atoms with Crippen LogP contribution in [0.1, 0.15) is 24.0 Å². The summed E-state index contributed by atoms with van der Waals surface area (Å²) >= 11 is 1.63. The molecule has 0 aromatic heterocycles. The number of thioether (sulfide) groups is 1. The van der Waals surface area contributed by atoms with Crippen molar-refractivity contribution in [1.82, 2.24) is 10.2 Å². The van der Waals surface area contributed by atoms with Crippen LogP contribution in [0.3, 0.4) is 0 Å². The molecule has 0 aliphatic carbocycles. The zero-order valence-corrected chi connectivity index (χ0v) is 14.4. The summed E-state index contributed by atoms with van der Waals surface area (Å²) in [6, 6.07) is 8.61. The van der Waals surface area contributed by atoms with Crippen LogP contribution in [0.5, 0.6) is 0 Å². The van der Waals surface area contributed by atoms with Gasteiger partial charge in [0, 0.05) is 24.9 Å². The number of carbonyl (C=O) groups excluding carboxylic acids is 2. The van der Waals surface area contributed by atoms with Crippen molar-refractivity contribution in [1.29, 1.82) is 0 Å².